The Kier molecular flexibility index (Phi) is 4.13. The van der Waals surface area contributed by atoms with E-state index in [-0.39, 0.29) is 6.61 Å². The maximum Gasteiger partial charge on any atom is 0.329 e. The number of anilines is 1. The average molecular weight is 231 g/mol. The van der Waals surface area contributed by atoms with Crippen LogP contribution in [0.3, 0.4) is 0 Å². The normalized spacial score (nSPS) is 9.93. The van der Waals surface area contributed by atoms with E-state index in [1.807, 2.05) is 0 Å². The number of ether oxygens (including phenoxy) is 1. The summed E-state index contributed by atoms with van der Waals surface area (Å²) in [4.78, 5) is 21.2. The molecule has 0 aliphatic heterocycles. The Bertz CT molecular complexity index is 365. The molecule has 0 aliphatic carbocycles. The topological polar surface area (TPSA) is 101 Å². The lowest BCUT2D eigenvalue weighted by atomic mass is 10.6. The molecule has 8 heteroatoms. The predicted octanol–water partition coefficient (Wildman–Crippen LogP) is -0.114. The maximum absolute atomic E-state index is 11.1. The van der Waals surface area contributed by atoms with Gasteiger partial charge in [0.15, 0.2) is 0 Å². The lowest BCUT2D eigenvalue weighted by molar-refractivity contribution is -0.143. The number of hydrogen-bond acceptors (Lipinski definition) is 6. The van der Waals surface area contributed by atoms with Crippen molar-refractivity contribution in [3.05, 3.63) is 5.01 Å². The molecule has 0 unspecified atom stereocenters. The number of nitrogens with one attached hydrogen (secondary N) is 1. The van der Waals surface area contributed by atoms with Crippen molar-refractivity contribution in [2.24, 2.45) is 0 Å². The Morgan fingerprint density at radius 3 is 2.73 bits per heavy atom. The minimum absolute atomic E-state index is 0.315. The van der Waals surface area contributed by atoms with Crippen LogP contribution in [0.1, 0.15) is 5.01 Å². The van der Waals surface area contributed by atoms with Gasteiger partial charge in [-0.1, -0.05) is 11.3 Å². The number of aromatic nitrogens is 2. The lowest BCUT2D eigenvalue weighted by Gasteiger charge is -2.00. The van der Waals surface area contributed by atoms with Crippen LogP contribution in [0.4, 0.5) is 5.13 Å². The third-order valence-electron chi connectivity index (χ3n) is 1.23. The van der Waals surface area contributed by atoms with Crippen molar-refractivity contribution >= 4 is 28.3 Å². The molecule has 0 saturated carbocycles. The van der Waals surface area contributed by atoms with Crippen LogP contribution in [0.25, 0.3) is 0 Å². The quantitative estimate of drug-likeness (QED) is 0.733. The van der Waals surface area contributed by atoms with Gasteiger partial charge in [0.2, 0.25) is 5.13 Å². The molecule has 2 N–H and O–H groups in total. The second-order valence-corrected chi connectivity index (χ2v) is 3.74. The molecule has 0 saturated heterocycles. The Morgan fingerprint density at radius 1 is 1.47 bits per heavy atom. The minimum Gasteiger partial charge on any atom is -0.480 e. The van der Waals surface area contributed by atoms with Crippen LogP contribution < -0.4 is 5.32 Å². The largest absolute Gasteiger partial charge is 0.480 e. The summed E-state index contributed by atoms with van der Waals surface area (Å²) in [6.07, 6.45) is 0. The number of carbonyl (C=O) groups excluding carboxylic acids is 1. The van der Waals surface area contributed by atoms with Crippen molar-refractivity contribution in [2.45, 2.75) is 6.92 Å². The van der Waals surface area contributed by atoms with Crippen LogP contribution >= 0.6 is 11.3 Å². The average Bonchev–Trinajstić information content (AvgIpc) is 2.50. The van der Waals surface area contributed by atoms with E-state index in [2.05, 4.69) is 20.3 Å². The zero-order chi connectivity index (χ0) is 11.3. The number of carbonyl (C=O) groups is 2. The van der Waals surface area contributed by atoms with Gasteiger partial charge in [0.05, 0.1) is 0 Å². The molecule has 0 spiro atoms. The van der Waals surface area contributed by atoms with Crippen molar-refractivity contribution in [2.75, 3.05) is 18.5 Å². The summed E-state index contributed by atoms with van der Waals surface area (Å²) in [5, 5.41) is 19.1. The van der Waals surface area contributed by atoms with E-state index in [4.69, 9.17) is 5.11 Å². The first kappa shape index (κ1) is 11.5. The van der Waals surface area contributed by atoms with Crippen molar-refractivity contribution in [3.8, 4) is 0 Å². The van der Waals surface area contributed by atoms with Gasteiger partial charge in [-0.15, -0.1) is 10.2 Å². The number of aryl methyl sites for hydroxylation is 1. The summed E-state index contributed by atoms with van der Waals surface area (Å²) in [6.45, 7) is 0.946. The number of carboxylic acid groups (broad SMARTS) is 1. The highest BCUT2D eigenvalue weighted by molar-refractivity contribution is 7.15. The van der Waals surface area contributed by atoms with Gasteiger partial charge in [0.25, 0.3) is 5.91 Å². The van der Waals surface area contributed by atoms with Crippen LogP contribution in [-0.4, -0.2) is 40.4 Å². The predicted molar refractivity (Wildman–Crippen MR) is 51.7 cm³/mol. The number of aliphatic carboxylic acids is 1. The van der Waals surface area contributed by atoms with Crippen molar-refractivity contribution in [1.82, 2.24) is 10.2 Å². The van der Waals surface area contributed by atoms with E-state index in [0.717, 1.165) is 5.01 Å². The van der Waals surface area contributed by atoms with Gasteiger partial charge >= 0.3 is 5.97 Å². The molecule has 1 aromatic heterocycles. The summed E-state index contributed by atoms with van der Waals surface area (Å²) < 4.78 is 4.58. The van der Waals surface area contributed by atoms with Crippen LogP contribution in [0.15, 0.2) is 0 Å². The number of hydrogen-bond donors (Lipinski definition) is 2. The molecule has 1 amide bonds. The van der Waals surface area contributed by atoms with Crippen molar-refractivity contribution < 1.29 is 19.4 Å². The van der Waals surface area contributed by atoms with Gasteiger partial charge in [0, 0.05) is 0 Å². The molecule has 1 aromatic rings. The smallest absolute Gasteiger partial charge is 0.329 e. The first-order valence-corrected chi connectivity index (χ1v) is 4.79. The highest BCUT2D eigenvalue weighted by Gasteiger charge is 2.07. The van der Waals surface area contributed by atoms with E-state index in [1.54, 1.807) is 6.92 Å². The highest BCUT2D eigenvalue weighted by atomic mass is 32.1. The summed E-state index contributed by atoms with van der Waals surface area (Å²) in [5.74, 6) is -1.57. The van der Waals surface area contributed by atoms with E-state index < -0.39 is 18.5 Å². The monoisotopic (exact) mass is 231 g/mol. The first-order chi connectivity index (χ1) is 7.08. The zero-order valence-electron chi connectivity index (χ0n) is 7.89. The molecule has 0 aromatic carbocycles. The molecule has 0 atom stereocenters. The van der Waals surface area contributed by atoms with E-state index >= 15 is 0 Å². The molecule has 82 valence electrons. The first-order valence-electron chi connectivity index (χ1n) is 3.97. The Hall–Kier alpha value is -1.54. The maximum atomic E-state index is 11.1. The van der Waals surface area contributed by atoms with Crippen LogP contribution in [0, 0.1) is 6.92 Å². The van der Waals surface area contributed by atoms with Gasteiger partial charge in [-0.25, -0.2) is 4.79 Å². The molecule has 0 bridgehead atoms. The molecule has 0 aliphatic rings. The van der Waals surface area contributed by atoms with Gasteiger partial charge < -0.3 is 9.84 Å². The number of nitrogens with zero attached hydrogens (tertiary/aromatic N) is 2. The third-order valence-corrected chi connectivity index (χ3v) is 1.99. The minimum atomic E-state index is -1.12. The number of rotatable bonds is 5. The molecule has 7 nitrogen and oxygen atoms in total. The molecule has 1 heterocycles. The lowest BCUT2D eigenvalue weighted by Crippen LogP contribution is -2.20. The molecule has 1 rings (SSSR count). The SMILES string of the molecule is Cc1nnc(NC(=O)COCC(=O)O)s1. The van der Waals surface area contributed by atoms with E-state index in [1.165, 1.54) is 11.3 Å². The Balaban J connectivity index is 2.27. The van der Waals surface area contributed by atoms with Crippen molar-refractivity contribution in [1.29, 1.82) is 0 Å². The number of amides is 1. The summed E-state index contributed by atoms with van der Waals surface area (Å²) in [5.41, 5.74) is 0. The molecular weight excluding hydrogens is 222 g/mol. The van der Waals surface area contributed by atoms with Crippen LogP contribution in [0.5, 0.6) is 0 Å². The van der Waals surface area contributed by atoms with Crippen LogP contribution in [-0.2, 0) is 14.3 Å². The highest BCUT2D eigenvalue weighted by Crippen LogP contribution is 2.12. The van der Waals surface area contributed by atoms with Gasteiger partial charge in [-0.3, -0.25) is 10.1 Å². The fourth-order valence-electron chi connectivity index (χ4n) is 0.733. The van der Waals surface area contributed by atoms with Crippen molar-refractivity contribution in [3.63, 3.8) is 0 Å². The zero-order valence-corrected chi connectivity index (χ0v) is 8.71. The summed E-state index contributed by atoms with van der Waals surface area (Å²) in [7, 11) is 0. The summed E-state index contributed by atoms with van der Waals surface area (Å²) in [6, 6.07) is 0. The second kappa shape index (κ2) is 5.37. The Morgan fingerprint density at radius 2 is 2.20 bits per heavy atom. The van der Waals surface area contributed by atoms with Gasteiger partial charge in [0.1, 0.15) is 18.2 Å². The van der Waals surface area contributed by atoms with E-state index in [0.29, 0.717) is 5.13 Å². The van der Waals surface area contributed by atoms with Gasteiger partial charge in [-0.05, 0) is 6.92 Å². The number of carboxylic acids is 1. The van der Waals surface area contributed by atoms with E-state index in [9.17, 15) is 9.59 Å². The summed E-state index contributed by atoms with van der Waals surface area (Å²) >= 11 is 1.23. The Labute approximate surface area is 89.1 Å². The molecule has 15 heavy (non-hydrogen) atoms. The fraction of sp³-hybridized carbons (Fsp3) is 0.429. The third kappa shape index (κ3) is 4.47. The standard InChI is InChI=1S/C7H9N3O4S/c1-4-9-10-7(15-4)8-5(11)2-14-3-6(12)13/h2-3H2,1H3,(H,12,13)(H,8,10,11). The fourth-order valence-corrected chi connectivity index (χ4v) is 1.34. The molecule has 0 radical (unpaired) electrons. The second-order valence-electron chi connectivity index (χ2n) is 2.56. The van der Waals surface area contributed by atoms with Gasteiger partial charge in [-0.2, -0.15) is 0 Å². The van der Waals surface area contributed by atoms with Crippen LogP contribution in [0.2, 0.25) is 0 Å². The molecule has 0 fully saturated rings. The molecular formula is C7H9N3O4S.